The third-order valence-electron chi connectivity index (χ3n) is 4.13. The van der Waals surface area contributed by atoms with Crippen LogP contribution in [0.5, 0.6) is 0 Å². The van der Waals surface area contributed by atoms with Crippen molar-refractivity contribution in [1.29, 1.82) is 0 Å². The average Bonchev–Trinajstić information content (AvgIpc) is 2.38. The molecule has 1 aliphatic heterocycles. The first kappa shape index (κ1) is 15.3. The molecule has 0 saturated carbocycles. The Morgan fingerprint density at radius 2 is 1.94 bits per heavy atom. The zero-order chi connectivity index (χ0) is 13.5. The summed E-state index contributed by atoms with van der Waals surface area (Å²) in [6, 6.07) is 0. The van der Waals surface area contributed by atoms with Crippen LogP contribution < -0.4 is 0 Å². The van der Waals surface area contributed by atoms with Crippen molar-refractivity contribution in [2.45, 2.75) is 52.9 Å². The normalized spacial score (nSPS) is 36.1. The molecule has 5 heteroatoms. The molecule has 1 saturated heterocycles. The van der Waals surface area contributed by atoms with Crippen molar-refractivity contribution in [3.63, 3.8) is 0 Å². The van der Waals surface area contributed by atoms with Gasteiger partial charge in [-0.05, 0) is 30.2 Å². The lowest BCUT2D eigenvalue weighted by molar-refractivity contribution is -0.248. The van der Waals surface area contributed by atoms with Crippen molar-refractivity contribution in [3.8, 4) is 0 Å². The smallest absolute Gasteiger partial charge is 0.160 e. The van der Waals surface area contributed by atoms with Gasteiger partial charge in [-0.1, -0.05) is 32.8 Å². The first-order chi connectivity index (χ1) is 8.61. The highest BCUT2D eigenvalue weighted by atomic mass is 16.7. The van der Waals surface area contributed by atoms with Gasteiger partial charge in [0.1, 0.15) is 0 Å². The number of hydrogen-bond donors (Lipinski definition) is 0. The molecule has 104 valence electrons. The predicted octanol–water partition coefficient (Wildman–Crippen LogP) is 3.75. The Morgan fingerprint density at radius 3 is 2.56 bits per heavy atom. The van der Waals surface area contributed by atoms with Crippen molar-refractivity contribution in [1.82, 2.24) is 0 Å². The molecule has 0 aromatic carbocycles. The average molecular weight is 255 g/mol. The van der Waals surface area contributed by atoms with E-state index in [-0.39, 0.29) is 6.29 Å². The van der Waals surface area contributed by atoms with Crippen LogP contribution in [0.25, 0.3) is 10.4 Å². The molecule has 1 heterocycles. The molecule has 1 aliphatic rings. The first-order valence-corrected chi connectivity index (χ1v) is 6.89. The molecule has 5 nitrogen and oxygen atoms in total. The second kappa shape index (κ2) is 7.62. The Balaban J connectivity index is 2.41. The minimum atomic E-state index is -0.118. The van der Waals surface area contributed by atoms with E-state index in [1.54, 1.807) is 0 Å². The lowest BCUT2D eigenvalue weighted by Gasteiger charge is -2.43. The summed E-state index contributed by atoms with van der Waals surface area (Å²) in [5, 5.41) is 3.49. The highest BCUT2D eigenvalue weighted by Crippen LogP contribution is 2.36. The van der Waals surface area contributed by atoms with Gasteiger partial charge in [-0.25, -0.2) is 0 Å². The van der Waals surface area contributed by atoms with E-state index in [1.807, 2.05) is 0 Å². The van der Waals surface area contributed by atoms with Crippen LogP contribution in [0.1, 0.15) is 40.5 Å². The predicted molar refractivity (Wildman–Crippen MR) is 71.0 cm³/mol. The fraction of sp³-hybridized carbons (Fsp3) is 1.00. The van der Waals surface area contributed by atoms with E-state index in [4.69, 9.17) is 15.0 Å². The van der Waals surface area contributed by atoms with Gasteiger partial charge in [0.15, 0.2) is 6.29 Å². The standard InChI is InChI=1S/C13H25N3O2/c1-5-12-10(3)9(2)11(4)13(18-12)17-8-6-7-15-16-14/h9-13H,5-8H2,1-4H3/t9-,10-,11?,12?,13-/m0/s1. The van der Waals surface area contributed by atoms with Crippen LogP contribution in [0.15, 0.2) is 5.11 Å². The van der Waals surface area contributed by atoms with Crippen molar-refractivity contribution in [2.75, 3.05) is 13.2 Å². The maximum atomic E-state index is 8.18. The summed E-state index contributed by atoms with van der Waals surface area (Å²) >= 11 is 0. The topological polar surface area (TPSA) is 67.2 Å². The van der Waals surface area contributed by atoms with Crippen LogP contribution in [0.4, 0.5) is 0 Å². The molecule has 18 heavy (non-hydrogen) atoms. The van der Waals surface area contributed by atoms with Crippen molar-refractivity contribution < 1.29 is 9.47 Å². The minimum Gasteiger partial charge on any atom is -0.352 e. The Labute approximate surface area is 109 Å². The zero-order valence-corrected chi connectivity index (χ0v) is 11.9. The summed E-state index contributed by atoms with van der Waals surface area (Å²) in [5.41, 5.74) is 8.18. The Morgan fingerprint density at radius 1 is 1.22 bits per heavy atom. The van der Waals surface area contributed by atoms with Gasteiger partial charge in [0.2, 0.25) is 0 Å². The van der Waals surface area contributed by atoms with Crippen LogP contribution in [-0.4, -0.2) is 25.5 Å². The van der Waals surface area contributed by atoms with Crippen LogP contribution in [0.3, 0.4) is 0 Å². The fourth-order valence-corrected chi connectivity index (χ4v) is 2.52. The summed E-state index contributed by atoms with van der Waals surface area (Å²) in [6.07, 6.45) is 1.94. The number of hydrogen-bond acceptors (Lipinski definition) is 3. The van der Waals surface area contributed by atoms with Crippen molar-refractivity contribution >= 4 is 0 Å². The summed E-state index contributed by atoms with van der Waals surface area (Å²) < 4.78 is 11.8. The van der Waals surface area contributed by atoms with E-state index in [2.05, 4.69) is 37.7 Å². The summed E-state index contributed by atoms with van der Waals surface area (Å²) in [4.78, 5) is 2.72. The molecule has 0 bridgehead atoms. The maximum Gasteiger partial charge on any atom is 0.160 e. The largest absolute Gasteiger partial charge is 0.352 e. The van der Waals surface area contributed by atoms with Crippen molar-refractivity contribution in [3.05, 3.63) is 10.4 Å². The Bertz CT molecular complexity index is 290. The molecule has 0 spiro atoms. The summed E-state index contributed by atoms with van der Waals surface area (Å²) in [5.74, 6) is 1.58. The molecule has 5 atom stereocenters. The summed E-state index contributed by atoms with van der Waals surface area (Å²) in [6.45, 7) is 9.95. The molecule has 0 aliphatic carbocycles. The number of azide groups is 1. The van der Waals surface area contributed by atoms with E-state index >= 15 is 0 Å². The highest BCUT2D eigenvalue weighted by molar-refractivity contribution is 4.82. The zero-order valence-electron chi connectivity index (χ0n) is 11.9. The van der Waals surface area contributed by atoms with Gasteiger partial charge in [0.05, 0.1) is 6.10 Å². The van der Waals surface area contributed by atoms with Crippen LogP contribution >= 0.6 is 0 Å². The van der Waals surface area contributed by atoms with Gasteiger partial charge < -0.3 is 9.47 Å². The molecule has 1 fully saturated rings. The first-order valence-electron chi connectivity index (χ1n) is 6.89. The molecule has 1 rings (SSSR count). The quantitative estimate of drug-likeness (QED) is 0.314. The fourth-order valence-electron chi connectivity index (χ4n) is 2.52. The van der Waals surface area contributed by atoms with Gasteiger partial charge in [-0.15, -0.1) is 0 Å². The number of ether oxygens (including phenoxy) is 2. The van der Waals surface area contributed by atoms with Crippen molar-refractivity contribution in [2.24, 2.45) is 22.9 Å². The highest BCUT2D eigenvalue weighted by Gasteiger charge is 2.38. The minimum absolute atomic E-state index is 0.118. The van der Waals surface area contributed by atoms with Crippen LogP contribution in [0, 0.1) is 17.8 Å². The molecule has 2 unspecified atom stereocenters. The SMILES string of the molecule is CCC1O[C@H](OCCCN=[N+]=[N-])C(C)[C@@H](C)[C@@H]1C. The third kappa shape index (κ3) is 3.87. The second-order valence-corrected chi connectivity index (χ2v) is 5.21. The maximum absolute atomic E-state index is 8.18. The molecule has 0 aromatic rings. The lowest BCUT2D eigenvalue weighted by atomic mass is 9.78. The molecule has 0 N–H and O–H groups in total. The van der Waals surface area contributed by atoms with Crippen LogP contribution in [-0.2, 0) is 9.47 Å². The van der Waals surface area contributed by atoms with Gasteiger partial charge in [0.25, 0.3) is 0 Å². The molecule has 0 radical (unpaired) electrons. The second-order valence-electron chi connectivity index (χ2n) is 5.21. The number of rotatable bonds is 6. The van der Waals surface area contributed by atoms with Gasteiger partial charge in [0, 0.05) is 24.0 Å². The van der Waals surface area contributed by atoms with E-state index in [0.717, 1.165) is 12.8 Å². The molecular formula is C13H25N3O2. The van der Waals surface area contributed by atoms with Crippen LogP contribution in [0.2, 0.25) is 0 Å². The molecule has 0 amide bonds. The van der Waals surface area contributed by atoms with E-state index in [9.17, 15) is 0 Å². The van der Waals surface area contributed by atoms with E-state index < -0.39 is 0 Å². The Kier molecular flexibility index (Phi) is 6.47. The van der Waals surface area contributed by atoms with Gasteiger partial charge >= 0.3 is 0 Å². The summed E-state index contributed by atoms with van der Waals surface area (Å²) in [7, 11) is 0. The number of nitrogens with zero attached hydrogens (tertiary/aromatic N) is 3. The monoisotopic (exact) mass is 255 g/mol. The third-order valence-corrected chi connectivity index (χ3v) is 4.13. The van der Waals surface area contributed by atoms with Gasteiger partial charge in [-0.3, -0.25) is 0 Å². The molecule has 0 aromatic heterocycles. The lowest BCUT2D eigenvalue weighted by Crippen LogP contribution is -2.45. The molecular weight excluding hydrogens is 230 g/mol. The Hall–Kier alpha value is -0.770. The van der Waals surface area contributed by atoms with E-state index in [0.29, 0.717) is 37.0 Å². The van der Waals surface area contributed by atoms with Gasteiger partial charge in [-0.2, -0.15) is 0 Å². The van der Waals surface area contributed by atoms with E-state index in [1.165, 1.54) is 0 Å².